The first kappa shape index (κ1) is 38.8. The molecule has 0 saturated carbocycles. The molecule has 4 N–H and O–H groups in total. The van der Waals surface area contributed by atoms with Crippen LogP contribution in [0.3, 0.4) is 0 Å². The molecule has 0 bridgehead atoms. The summed E-state index contributed by atoms with van der Waals surface area (Å²) in [7, 11) is 0. The van der Waals surface area contributed by atoms with Gasteiger partial charge in [0, 0.05) is 21.6 Å². The smallest absolute Gasteiger partial charge is 0.416 e. The number of hydrazine groups is 2. The largest absolute Gasteiger partial charge is 0.481 e. The van der Waals surface area contributed by atoms with E-state index in [2.05, 4.69) is 38.9 Å². The molecule has 0 atom stereocenters. The number of furan rings is 1. The van der Waals surface area contributed by atoms with Gasteiger partial charge < -0.3 is 19.0 Å². The number of nitrogens with zero attached hydrogens (tertiary/aromatic N) is 1. The number of para-hydroxylation sites is 1. The molecule has 3 heterocycles. The van der Waals surface area contributed by atoms with Crippen LogP contribution < -0.4 is 26.0 Å². The van der Waals surface area contributed by atoms with E-state index >= 15 is 0 Å². The number of amides is 4. The first-order valence-corrected chi connectivity index (χ1v) is 16.5. The van der Waals surface area contributed by atoms with Crippen LogP contribution in [0.25, 0.3) is 11.6 Å². The number of carbonyl (C=O) groups excluding carboxylic acids is 5. The van der Waals surface area contributed by atoms with Crippen LogP contribution in [0.1, 0.15) is 35.1 Å². The summed E-state index contributed by atoms with van der Waals surface area (Å²) in [6.07, 6.45) is -3.43. The lowest BCUT2D eigenvalue weighted by Gasteiger charge is -2.16. The third-order valence-corrected chi connectivity index (χ3v) is 8.06. The minimum absolute atomic E-state index is 0.0248. The first-order chi connectivity index (χ1) is 25.6. The fraction of sp³-hybridized carbons (Fsp3) is 0.111. The molecule has 2 fully saturated rings. The van der Waals surface area contributed by atoms with E-state index in [1.807, 2.05) is 12.1 Å². The van der Waals surface area contributed by atoms with Crippen molar-refractivity contribution in [3.63, 3.8) is 0 Å². The fourth-order valence-electron chi connectivity index (χ4n) is 4.94. The zero-order valence-corrected chi connectivity index (χ0v) is 29.8. The third-order valence-electron chi connectivity index (χ3n) is 7.35. The number of hydrogen-bond acceptors (Lipinski definition) is 9. The van der Waals surface area contributed by atoms with Crippen molar-refractivity contribution in [1.82, 2.24) is 16.3 Å². The monoisotopic (exact) mass is 858 g/mol. The molecule has 18 heteroatoms. The predicted molar refractivity (Wildman–Crippen MR) is 190 cm³/mol. The highest BCUT2D eigenvalue weighted by Crippen LogP contribution is 2.33. The van der Waals surface area contributed by atoms with Gasteiger partial charge >= 0.3 is 18.1 Å². The molecule has 4 amide bonds. The van der Waals surface area contributed by atoms with Crippen molar-refractivity contribution in [1.29, 1.82) is 0 Å². The predicted octanol–water partition coefficient (Wildman–Crippen LogP) is 4.54. The Morgan fingerprint density at radius 2 is 1.59 bits per heavy atom. The quantitative estimate of drug-likeness (QED) is 0.0804. The van der Waals surface area contributed by atoms with E-state index in [0.717, 1.165) is 21.8 Å². The van der Waals surface area contributed by atoms with E-state index in [1.54, 1.807) is 36.4 Å². The van der Waals surface area contributed by atoms with Crippen LogP contribution in [0.5, 0.6) is 5.75 Å². The van der Waals surface area contributed by atoms with Gasteiger partial charge in [-0.1, -0.05) is 36.4 Å². The van der Waals surface area contributed by atoms with Gasteiger partial charge in [-0.3, -0.25) is 40.3 Å². The number of aliphatic carboxylic acids is 1. The second-order valence-corrected chi connectivity index (χ2v) is 12.4. The van der Waals surface area contributed by atoms with E-state index in [1.165, 1.54) is 31.2 Å². The molecule has 6 rings (SSSR count). The molecule has 4 aromatic rings. The molecular weight excluding hydrogens is 832 g/mol. The maximum Gasteiger partial charge on any atom is 0.416 e. The van der Waals surface area contributed by atoms with Crippen LogP contribution in [-0.4, -0.2) is 47.3 Å². The highest BCUT2D eigenvalue weighted by molar-refractivity contribution is 14.1. The second-order valence-electron chi connectivity index (χ2n) is 11.1. The Bertz CT molecular complexity index is 2200. The van der Waals surface area contributed by atoms with Crippen LogP contribution >= 0.6 is 22.6 Å². The van der Waals surface area contributed by atoms with Crippen LogP contribution in [0.15, 0.2) is 100 Å². The Labute approximate surface area is 316 Å². The van der Waals surface area contributed by atoms with E-state index in [0.29, 0.717) is 27.7 Å². The van der Waals surface area contributed by atoms with Crippen LogP contribution in [0.4, 0.5) is 18.9 Å². The normalized spacial score (nSPS) is 14.6. The maximum atomic E-state index is 12.9. The van der Waals surface area contributed by atoms with Crippen molar-refractivity contribution < 1.29 is 60.9 Å². The van der Waals surface area contributed by atoms with E-state index < -0.39 is 53.9 Å². The number of ether oxygens (including phenoxy) is 2. The number of carboxylic acids is 1. The molecule has 2 aliphatic heterocycles. The number of carbonyl (C=O) groups is 6. The molecule has 2 saturated heterocycles. The minimum atomic E-state index is -4.61. The van der Waals surface area contributed by atoms with Gasteiger partial charge in [0.05, 0.1) is 11.3 Å². The summed E-state index contributed by atoms with van der Waals surface area (Å²) in [4.78, 5) is 70.7. The number of esters is 1. The number of benzene rings is 3. The SMILES string of the molecule is CC(=O)OCc1ccc(C(=C2C(=O)NNC2=O)c2ccc(I)cc2)o1.O=C(O)COc1ccccc1/C=C1\C(=O)NN(c2cccc(C(F)(F)F)c2)C1=O. The van der Waals surface area contributed by atoms with Crippen molar-refractivity contribution in [2.24, 2.45) is 0 Å². The molecule has 0 spiro atoms. The topological polar surface area (TPSA) is 194 Å². The Balaban J connectivity index is 0.000000210. The number of nitrogens with one attached hydrogen (secondary N) is 3. The van der Waals surface area contributed by atoms with E-state index in [9.17, 15) is 41.9 Å². The number of carboxylic acid groups (broad SMARTS) is 1. The summed E-state index contributed by atoms with van der Waals surface area (Å²) in [6, 6.07) is 20.7. The van der Waals surface area contributed by atoms with Gasteiger partial charge in [-0.15, -0.1) is 0 Å². The molecule has 278 valence electrons. The van der Waals surface area contributed by atoms with Crippen molar-refractivity contribution in [3.05, 3.63) is 128 Å². The summed E-state index contributed by atoms with van der Waals surface area (Å²) in [5.41, 5.74) is 6.59. The van der Waals surface area contributed by atoms with Gasteiger partial charge in [-0.25, -0.2) is 9.80 Å². The van der Waals surface area contributed by atoms with Crippen LogP contribution in [0.2, 0.25) is 0 Å². The molecule has 54 heavy (non-hydrogen) atoms. The minimum Gasteiger partial charge on any atom is -0.481 e. The standard InChI is InChI=1S/C19H13F3N2O5.C17H13IN2O5/c20-19(21,22)12-5-3-6-13(9-12)24-18(28)14(17(27)23-24)8-11-4-1-2-7-15(11)29-10-16(25)26;1-9(21)24-8-12-6-7-13(25-12)14(10-2-4-11(18)5-3-10)15-16(22)19-20-17(15)23/h1-9H,10H2,(H,23,27)(H,25,26);2-7H,8H2,1H3,(H,19,22)(H,20,23)/b14-8+;. The van der Waals surface area contributed by atoms with Gasteiger partial charge in [-0.05, 0) is 82.8 Å². The average molecular weight is 859 g/mol. The summed E-state index contributed by atoms with van der Waals surface area (Å²) < 4.78 is 55.5. The molecule has 14 nitrogen and oxygen atoms in total. The molecule has 1 aromatic heterocycles. The average Bonchev–Trinajstić information content (AvgIpc) is 3.82. The molecule has 3 aromatic carbocycles. The van der Waals surface area contributed by atoms with Crippen molar-refractivity contribution in [2.45, 2.75) is 19.7 Å². The zero-order valence-electron chi connectivity index (χ0n) is 27.7. The summed E-state index contributed by atoms with van der Waals surface area (Å²) >= 11 is 2.17. The summed E-state index contributed by atoms with van der Waals surface area (Å²) in [6.45, 7) is 0.649. The second kappa shape index (κ2) is 16.5. The van der Waals surface area contributed by atoms with Crippen LogP contribution in [0, 0.1) is 3.57 Å². The number of alkyl halides is 3. The van der Waals surface area contributed by atoms with Gasteiger partial charge in [0.15, 0.2) is 6.61 Å². The molecule has 2 aliphatic rings. The van der Waals surface area contributed by atoms with Gasteiger partial charge in [-0.2, -0.15) is 13.2 Å². The van der Waals surface area contributed by atoms with Crippen molar-refractivity contribution >= 4 is 75.5 Å². The van der Waals surface area contributed by atoms with Crippen molar-refractivity contribution in [2.75, 3.05) is 11.6 Å². The molecular formula is C36H26F3IN4O10. The van der Waals surface area contributed by atoms with E-state index in [4.69, 9.17) is 19.0 Å². The molecule has 0 unspecified atom stereocenters. The maximum absolute atomic E-state index is 12.9. The molecule has 0 radical (unpaired) electrons. The highest BCUT2D eigenvalue weighted by atomic mass is 127. The number of rotatable bonds is 9. The number of anilines is 1. The Morgan fingerprint density at radius 1 is 0.907 bits per heavy atom. The van der Waals surface area contributed by atoms with Gasteiger partial charge in [0.1, 0.15) is 35.0 Å². The Hall–Kier alpha value is -6.44. The van der Waals surface area contributed by atoms with Crippen molar-refractivity contribution in [3.8, 4) is 5.75 Å². The third kappa shape index (κ3) is 9.31. The number of halogens is 4. The zero-order chi connectivity index (χ0) is 39.2. The van der Waals surface area contributed by atoms with Gasteiger partial charge in [0.2, 0.25) is 0 Å². The first-order valence-electron chi connectivity index (χ1n) is 15.4. The van der Waals surface area contributed by atoms with E-state index in [-0.39, 0.29) is 34.8 Å². The van der Waals surface area contributed by atoms with Crippen LogP contribution in [-0.2, 0) is 46.3 Å². The Morgan fingerprint density at radius 3 is 2.24 bits per heavy atom. The fourth-order valence-corrected chi connectivity index (χ4v) is 5.30. The lowest BCUT2D eigenvalue weighted by Crippen LogP contribution is -2.35. The molecule has 0 aliphatic carbocycles. The lowest BCUT2D eigenvalue weighted by molar-refractivity contribution is -0.143. The number of hydrogen-bond donors (Lipinski definition) is 4. The summed E-state index contributed by atoms with van der Waals surface area (Å²) in [5.74, 6) is -3.50. The van der Waals surface area contributed by atoms with Gasteiger partial charge in [0.25, 0.3) is 23.6 Å². The lowest BCUT2D eigenvalue weighted by atomic mass is 9.97. The highest BCUT2D eigenvalue weighted by Gasteiger charge is 2.37. The summed E-state index contributed by atoms with van der Waals surface area (Å²) in [5, 5.41) is 9.44. The Kier molecular flexibility index (Phi) is 11.8.